The van der Waals surface area contributed by atoms with Crippen LogP contribution in [0.25, 0.3) is 5.70 Å². The van der Waals surface area contributed by atoms with Gasteiger partial charge < -0.3 is 20.9 Å². The monoisotopic (exact) mass is 461 g/mol. The lowest BCUT2D eigenvalue weighted by atomic mass is 10.2. The fourth-order valence-corrected chi connectivity index (χ4v) is 3.01. The summed E-state index contributed by atoms with van der Waals surface area (Å²) in [7, 11) is 1.48. The highest BCUT2D eigenvalue weighted by molar-refractivity contribution is 6.30. The molecule has 0 aromatic carbocycles. The minimum Gasteiger partial charge on any atom is -0.441 e. The molecule has 1 fully saturated rings. The van der Waals surface area contributed by atoms with Gasteiger partial charge in [-0.1, -0.05) is 17.7 Å². The summed E-state index contributed by atoms with van der Waals surface area (Å²) >= 11 is 6.03. The fraction of sp³-hybridized carbons (Fsp3) is 0.300. The van der Waals surface area contributed by atoms with Crippen molar-refractivity contribution in [2.45, 2.75) is 31.5 Å². The van der Waals surface area contributed by atoms with Gasteiger partial charge in [-0.15, -0.1) is 0 Å². The number of nitrogens with two attached hydrogens (primary N) is 2. The standard InChI is InChI=1S/C20H24ClN7O4/c1-11(13-4-3-9-24-16(13)21)32-19(30)27-17(28(2)23)15(22)14-6-5-12(10-25-14)26-18(29)20(31)7-8-20/h3-6,9-11,31H,7-8,22-23H2,1-2H3,(H,26,29)(H,27,30)/b17-15-. The number of anilines is 1. The number of pyridine rings is 2. The molecule has 0 aliphatic heterocycles. The van der Waals surface area contributed by atoms with Crippen LogP contribution >= 0.6 is 11.6 Å². The van der Waals surface area contributed by atoms with Gasteiger partial charge in [0, 0.05) is 18.8 Å². The third-order valence-corrected chi connectivity index (χ3v) is 5.10. The van der Waals surface area contributed by atoms with E-state index in [1.165, 1.54) is 25.5 Å². The van der Waals surface area contributed by atoms with E-state index < -0.39 is 23.7 Å². The maximum absolute atomic E-state index is 12.4. The molecule has 0 spiro atoms. The first-order chi connectivity index (χ1) is 15.1. The number of carbonyl (C=O) groups excluding carboxylic acids is 2. The van der Waals surface area contributed by atoms with Crippen molar-refractivity contribution in [2.75, 3.05) is 12.4 Å². The number of amides is 2. The largest absolute Gasteiger partial charge is 0.441 e. The second-order valence-corrected chi connectivity index (χ2v) is 7.70. The highest BCUT2D eigenvalue weighted by Crippen LogP contribution is 2.36. The molecule has 1 saturated carbocycles. The van der Waals surface area contributed by atoms with E-state index in [4.69, 9.17) is 27.9 Å². The number of hydrogen-bond acceptors (Lipinski definition) is 9. The third-order valence-electron chi connectivity index (χ3n) is 4.78. The number of rotatable bonds is 7. The highest BCUT2D eigenvalue weighted by atomic mass is 35.5. The van der Waals surface area contributed by atoms with E-state index in [0.29, 0.717) is 29.8 Å². The molecule has 3 rings (SSSR count). The molecule has 0 bridgehead atoms. The summed E-state index contributed by atoms with van der Waals surface area (Å²) in [5, 5.41) is 16.2. The molecule has 32 heavy (non-hydrogen) atoms. The van der Waals surface area contributed by atoms with Crippen LogP contribution < -0.4 is 22.2 Å². The summed E-state index contributed by atoms with van der Waals surface area (Å²) < 4.78 is 5.35. The van der Waals surface area contributed by atoms with Crippen molar-refractivity contribution in [2.24, 2.45) is 11.6 Å². The molecule has 2 heterocycles. The van der Waals surface area contributed by atoms with Crippen LogP contribution in [0.15, 0.2) is 42.5 Å². The smallest absolute Gasteiger partial charge is 0.413 e. The fourth-order valence-electron chi connectivity index (χ4n) is 2.74. The topological polar surface area (TPSA) is 169 Å². The molecular formula is C20H24ClN7O4. The Hall–Kier alpha value is -3.41. The Morgan fingerprint density at radius 1 is 1.31 bits per heavy atom. The first kappa shape index (κ1) is 23.3. The molecule has 2 amide bonds. The third kappa shape index (κ3) is 5.44. The van der Waals surface area contributed by atoms with Gasteiger partial charge in [-0.2, -0.15) is 0 Å². The molecular weight excluding hydrogens is 438 g/mol. The van der Waals surface area contributed by atoms with Crippen LogP contribution in [0, 0.1) is 0 Å². The molecule has 7 N–H and O–H groups in total. The minimum atomic E-state index is -1.30. The molecule has 2 aromatic rings. The number of halogens is 1. The first-order valence-electron chi connectivity index (χ1n) is 9.67. The summed E-state index contributed by atoms with van der Waals surface area (Å²) in [6.07, 6.45) is 2.28. The van der Waals surface area contributed by atoms with E-state index in [9.17, 15) is 14.7 Å². The second-order valence-electron chi connectivity index (χ2n) is 7.35. The second kappa shape index (κ2) is 9.39. The Balaban J connectivity index is 1.70. The summed E-state index contributed by atoms with van der Waals surface area (Å²) in [6, 6.07) is 6.48. The maximum atomic E-state index is 12.4. The van der Waals surface area contributed by atoms with Gasteiger partial charge in [-0.25, -0.2) is 15.6 Å². The summed E-state index contributed by atoms with van der Waals surface area (Å²) in [5.74, 6) is 5.39. The number of carbonyl (C=O) groups is 2. The number of alkyl carbamates (subject to hydrolysis) is 1. The molecule has 2 aromatic heterocycles. The number of hydrogen-bond donors (Lipinski definition) is 5. The SMILES string of the molecule is CC(OC(=O)N/C(=C(/N)c1ccc(NC(=O)C2(O)CC2)cn1)N(C)N)c1cccnc1Cl. The summed E-state index contributed by atoms with van der Waals surface area (Å²) in [5.41, 5.74) is 6.15. The quantitative estimate of drug-likeness (QED) is 0.233. The van der Waals surface area contributed by atoms with E-state index in [1.54, 1.807) is 25.1 Å². The average molecular weight is 462 g/mol. The van der Waals surface area contributed by atoms with Crippen LogP contribution in [0.1, 0.15) is 37.1 Å². The summed E-state index contributed by atoms with van der Waals surface area (Å²) in [4.78, 5) is 32.5. The van der Waals surface area contributed by atoms with Crippen LogP contribution in [-0.4, -0.2) is 44.7 Å². The first-order valence-corrected chi connectivity index (χ1v) is 10.0. The van der Waals surface area contributed by atoms with E-state index >= 15 is 0 Å². The molecule has 11 nitrogen and oxygen atoms in total. The summed E-state index contributed by atoms with van der Waals surface area (Å²) in [6.45, 7) is 1.65. The van der Waals surface area contributed by atoms with E-state index in [0.717, 1.165) is 5.01 Å². The van der Waals surface area contributed by atoms with Crippen LogP contribution in [0.5, 0.6) is 0 Å². The van der Waals surface area contributed by atoms with Crippen molar-refractivity contribution >= 4 is 35.0 Å². The van der Waals surface area contributed by atoms with Crippen LogP contribution in [0.3, 0.4) is 0 Å². The van der Waals surface area contributed by atoms with Gasteiger partial charge in [-0.05, 0) is 38.0 Å². The van der Waals surface area contributed by atoms with Crippen molar-refractivity contribution in [1.82, 2.24) is 20.3 Å². The Labute approximate surface area is 189 Å². The van der Waals surface area contributed by atoms with Crippen LogP contribution in [0.2, 0.25) is 5.15 Å². The lowest BCUT2D eigenvalue weighted by molar-refractivity contribution is -0.125. The van der Waals surface area contributed by atoms with Crippen molar-refractivity contribution in [1.29, 1.82) is 0 Å². The van der Waals surface area contributed by atoms with Crippen molar-refractivity contribution in [3.05, 3.63) is 58.9 Å². The number of nitrogens with zero attached hydrogens (tertiary/aromatic N) is 3. The van der Waals surface area contributed by atoms with Gasteiger partial charge in [-0.3, -0.25) is 20.1 Å². The number of aromatic nitrogens is 2. The van der Waals surface area contributed by atoms with E-state index in [1.807, 2.05) is 0 Å². The number of aliphatic hydroxyl groups is 1. The molecule has 1 atom stereocenters. The number of ether oxygens (including phenoxy) is 1. The number of hydrazine groups is 1. The van der Waals surface area contributed by atoms with Gasteiger partial charge in [0.2, 0.25) is 0 Å². The molecule has 0 radical (unpaired) electrons. The Kier molecular flexibility index (Phi) is 6.82. The normalized spacial score (nSPS) is 15.8. The highest BCUT2D eigenvalue weighted by Gasteiger charge is 2.48. The average Bonchev–Trinajstić information content (AvgIpc) is 3.51. The van der Waals surface area contributed by atoms with Crippen molar-refractivity contribution in [3.63, 3.8) is 0 Å². The van der Waals surface area contributed by atoms with Gasteiger partial charge in [0.1, 0.15) is 22.6 Å². The zero-order valence-electron chi connectivity index (χ0n) is 17.5. The lowest BCUT2D eigenvalue weighted by Gasteiger charge is -2.21. The lowest BCUT2D eigenvalue weighted by Crippen LogP contribution is -2.39. The van der Waals surface area contributed by atoms with Crippen LogP contribution in [-0.2, 0) is 9.53 Å². The maximum Gasteiger partial charge on any atom is 0.413 e. The molecule has 12 heteroatoms. The zero-order chi connectivity index (χ0) is 23.5. The van der Waals surface area contributed by atoms with Gasteiger partial charge in [0.05, 0.1) is 17.6 Å². The Bertz CT molecular complexity index is 1040. The molecule has 0 saturated heterocycles. The van der Waals surface area contributed by atoms with E-state index in [2.05, 4.69) is 20.6 Å². The minimum absolute atomic E-state index is 0.0519. The van der Waals surface area contributed by atoms with Crippen molar-refractivity contribution < 1.29 is 19.4 Å². The van der Waals surface area contributed by atoms with Gasteiger partial charge >= 0.3 is 6.09 Å². The molecule has 1 aliphatic carbocycles. The Morgan fingerprint density at radius 2 is 2.03 bits per heavy atom. The van der Waals surface area contributed by atoms with Gasteiger partial charge in [0.15, 0.2) is 5.82 Å². The molecule has 1 unspecified atom stereocenters. The van der Waals surface area contributed by atoms with Crippen LogP contribution in [0.4, 0.5) is 10.5 Å². The zero-order valence-corrected chi connectivity index (χ0v) is 18.3. The number of nitrogens with one attached hydrogen (secondary N) is 2. The Morgan fingerprint density at radius 3 is 2.59 bits per heavy atom. The molecule has 170 valence electrons. The van der Waals surface area contributed by atoms with E-state index in [-0.39, 0.29) is 16.7 Å². The predicted octanol–water partition coefficient (Wildman–Crippen LogP) is 1.47. The van der Waals surface area contributed by atoms with Gasteiger partial charge in [0.25, 0.3) is 5.91 Å². The molecule has 1 aliphatic rings. The van der Waals surface area contributed by atoms with Crippen molar-refractivity contribution in [3.8, 4) is 0 Å². The predicted molar refractivity (Wildman–Crippen MR) is 117 cm³/mol.